The lowest BCUT2D eigenvalue weighted by Crippen LogP contribution is -2.61. The number of nitrogens with two attached hydrogens (primary N) is 1. The Bertz CT molecular complexity index is 4830. The lowest BCUT2D eigenvalue weighted by molar-refractivity contribution is -0.141. The number of aliphatic hydroxyl groups excluding tert-OH is 1. The van der Waals surface area contributed by atoms with Crippen molar-refractivity contribution < 1.29 is 135 Å². The number of rotatable bonds is 53. The highest BCUT2D eigenvalue weighted by atomic mass is 33.1. The van der Waals surface area contributed by atoms with Crippen molar-refractivity contribution in [3.63, 3.8) is 0 Å². The van der Waals surface area contributed by atoms with E-state index in [1.807, 2.05) is 13.8 Å². The van der Waals surface area contributed by atoms with Crippen molar-refractivity contribution in [1.29, 1.82) is 0 Å². The van der Waals surface area contributed by atoms with Crippen LogP contribution >= 0.6 is 21.6 Å². The van der Waals surface area contributed by atoms with Crippen LogP contribution in [0.1, 0.15) is 124 Å². The zero-order valence-corrected chi connectivity index (χ0v) is 82.5. The number of fused-ring (bicyclic) bond motifs is 2. The van der Waals surface area contributed by atoms with Crippen LogP contribution in [-0.4, -0.2) is 356 Å². The SMILES string of the molecule is CC(=O)NCCOCCOCCOCCOCCOCCOCCOCCOCCC(=O)NC(CC(=O)O)C(=O)NC1CSSCC(C(=O)NC(C(N)=O)C(C)O)NC(=O)N(Cc2c[nH]c3ccccc23)C(=O)C(C(C)C)NC(=O)C(CC(C)C)NC(=O)C(CCC(=O)O)NC(=O)CNC(=O)C(CCCNC(C)C)NC(=O)C(Cc2c[nH]cn2)NC(=O)C(Cc2c[nH]c3ccccc23)NC(=O)C(C)NC1=O. The molecule has 141 heavy (non-hydrogen) atoms. The van der Waals surface area contributed by atoms with Gasteiger partial charge in [-0.1, -0.05) is 99.5 Å². The van der Waals surface area contributed by atoms with Crippen molar-refractivity contribution in [3.05, 3.63) is 90.3 Å². The minimum Gasteiger partial charge on any atom is -0.481 e. The van der Waals surface area contributed by atoms with Gasteiger partial charge in [-0.2, -0.15) is 0 Å². The molecule has 6 rings (SSSR count). The molecule has 4 heterocycles. The molecule has 2 aromatic carbocycles. The molecule has 5 aromatic rings. The smallest absolute Gasteiger partial charge is 0.325 e. The van der Waals surface area contributed by atoms with Gasteiger partial charge in [-0.3, -0.25) is 81.6 Å². The summed E-state index contributed by atoms with van der Waals surface area (Å²) in [6, 6.07) is -6.42. The third kappa shape index (κ3) is 44.8. The number of aliphatic hydroxyl groups is 1. The Labute approximate surface area is 824 Å². The zero-order valence-electron chi connectivity index (χ0n) is 80.8. The number of aliphatic carboxylic acids is 2. The maximum absolute atomic E-state index is 15.6. The second kappa shape index (κ2) is 64.4. The highest BCUT2D eigenvalue weighted by Gasteiger charge is 2.41. The van der Waals surface area contributed by atoms with Gasteiger partial charge in [0, 0.05) is 97.1 Å². The van der Waals surface area contributed by atoms with Crippen LogP contribution in [0.5, 0.6) is 0 Å². The third-order valence-corrected chi connectivity index (χ3v) is 23.8. The fraction of sp³-hybridized carbons (Fsp3) is 0.604. The first kappa shape index (κ1) is 118. The number of hydrogen-bond donors (Lipinski definition) is 21. The number of benzene rings is 2. The van der Waals surface area contributed by atoms with Gasteiger partial charge >= 0.3 is 18.0 Å². The number of carboxylic acids is 2. The Morgan fingerprint density at radius 1 is 0.546 bits per heavy atom. The molecule has 50 heteroatoms. The first-order valence-corrected chi connectivity index (χ1v) is 49.1. The Morgan fingerprint density at radius 3 is 1.60 bits per heavy atom. The van der Waals surface area contributed by atoms with E-state index in [0.29, 0.717) is 110 Å². The molecule has 1 aliphatic rings. The number of aromatic amines is 3. The van der Waals surface area contributed by atoms with E-state index in [1.165, 1.54) is 46.4 Å². The monoisotopic (exact) mass is 2020 g/mol. The van der Waals surface area contributed by atoms with Gasteiger partial charge in [0.25, 0.3) is 5.91 Å². The first-order valence-electron chi connectivity index (χ1n) is 46.6. The van der Waals surface area contributed by atoms with E-state index in [4.69, 9.17) is 43.6 Å². The van der Waals surface area contributed by atoms with E-state index >= 15 is 24.0 Å². The van der Waals surface area contributed by atoms with Gasteiger partial charge in [0.15, 0.2) is 0 Å². The maximum Gasteiger partial charge on any atom is 0.325 e. The molecule has 22 N–H and O–H groups in total. The second-order valence-corrected chi connectivity index (χ2v) is 36.6. The van der Waals surface area contributed by atoms with E-state index < -0.39 is 229 Å². The molecule has 1 aliphatic heterocycles. The molecule has 1 fully saturated rings. The number of hydrogen-bond acceptors (Lipinski definition) is 30. The Morgan fingerprint density at radius 2 is 1.06 bits per heavy atom. The standard InChI is InChI=1S/C91H138N20O28S2/c1-53(2)41-68-87(127)109-78(54(3)4)90(130)111(49-60-46-97-65-18-13-11-16-63(60)65)91(131)108-73(89(129)110-79(57(8)112)80(92)120)51-141-140-50-72(107-86(126)71(44-77(118)119)102-74(114)22-25-132-27-29-134-31-33-136-35-37-138-39-40-139-38-36-137-34-32-135-30-28-133-26-24-95-58(9)113)88(128)100-56(7)81(121)104-69(42-59-45-96-64-17-12-10-15-62(59)64)84(124)106-70(43-61-47-93-52-99-61)85(125)103-66(19-14-23-94-55(5)6)82(122)98-48-75(115)101-67(83(123)105-68)20-21-76(116)117/h10-13,15-18,45-47,52-57,66-73,78-79,94,96-97,112H,14,19-44,48-51H2,1-9H3,(H2,92,120)(H,93,99)(H,95,113)(H,98,122)(H,100,128)(H,101,115)(H,102,114)(H,103,125)(H,104,121)(H,105,123)(H,106,124)(H,107,126)(H,108,131)(H,109,127)(H,110,129)(H,116,117)(H,118,119). The number of aromatic nitrogens is 4. The number of nitrogens with zero attached hydrogens (tertiary/aromatic N) is 2. The summed E-state index contributed by atoms with van der Waals surface area (Å²) in [6.07, 6.45) is 0.722. The molecule has 1 saturated heterocycles. The highest BCUT2D eigenvalue weighted by molar-refractivity contribution is 8.76. The van der Waals surface area contributed by atoms with Crippen LogP contribution in [0, 0.1) is 11.8 Å². The third-order valence-electron chi connectivity index (χ3n) is 21.4. The van der Waals surface area contributed by atoms with Crippen LogP contribution in [0.2, 0.25) is 0 Å². The number of carboxylic acid groups (broad SMARTS) is 2. The molecule has 0 aliphatic carbocycles. The van der Waals surface area contributed by atoms with Gasteiger partial charge in [0.05, 0.1) is 143 Å². The molecule has 0 spiro atoms. The van der Waals surface area contributed by atoms with Crippen molar-refractivity contribution in [2.24, 2.45) is 17.6 Å². The number of imide groups is 1. The fourth-order valence-electron chi connectivity index (χ4n) is 13.9. The van der Waals surface area contributed by atoms with Crippen LogP contribution in [0.4, 0.5) is 4.79 Å². The number of primary amides is 1. The molecular formula is C91H138N20O28S2. The van der Waals surface area contributed by atoms with E-state index in [1.54, 1.807) is 68.6 Å². The molecule has 782 valence electrons. The van der Waals surface area contributed by atoms with Gasteiger partial charge in [-0.25, -0.2) is 9.78 Å². The van der Waals surface area contributed by atoms with Gasteiger partial charge in [-0.05, 0) is 81.2 Å². The first-order chi connectivity index (χ1) is 67.4. The summed E-state index contributed by atoms with van der Waals surface area (Å²) in [5.41, 5.74) is 7.83. The number of ether oxygens (including phenoxy) is 8. The summed E-state index contributed by atoms with van der Waals surface area (Å²) in [5, 5.41) is 68.2. The molecule has 12 atom stereocenters. The molecule has 0 bridgehead atoms. The number of amides is 16. The van der Waals surface area contributed by atoms with Gasteiger partial charge in [0.1, 0.15) is 66.5 Å². The minimum atomic E-state index is -1.91. The molecule has 3 aromatic heterocycles. The Kier molecular flexibility index (Phi) is 53.8. The number of carbonyl (C=O) groups excluding carboxylic acids is 15. The van der Waals surface area contributed by atoms with Crippen molar-refractivity contribution in [1.82, 2.24) is 99.3 Å². The van der Waals surface area contributed by atoms with E-state index in [-0.39, 0.29) is 96.0 Å². The zero-order chi connectivity index (χ0) is 103. The fourth-order valence-corrected chi connectivity index (χ4v) is 16.3. The summed E-state index contributed by atoms with van der Waals surface area (Å²) in [5.74, 6) is -19.5. The predicted molar refractivity (Wildman–Crippen MR) is 515 cm³/mol. The van der Waals surface area contributed by atoms with Crippen LogP contribution < -0.4 is 80.2 Å². The van der Waals surface area contributed by atoms with Crippen LogP contribution in [0.3, 0.4) is 0 Å². The Balaban J connectivity index is 1.30. The number of nitrogens with one attached hydrogen (secondary N) is 17. The quantitative estimate of drug-likeness (QED) is 0.0148. The van der Waals surface area contributed by atoms with Crippen molar-refractivity contribution in [2.75, 3.05) is 137 Å². The molecule has 0 saturated carbocycles. The summed E-state index contributed by atoms with van der Waals surface area (Å²) >= 11 is 0. The number of carbonyl (C=O) groups is 17. The van der Waals surface area contributed by atoms with E-state index in [2.05, 4.69) is 94.4 Å². The second-order valence-electron chi connectivity index (χ2n) is 34.1. The number of para-hydroxylation sites is 2. The van der Waals surface area contributed by atoms with Crippen molar-refractivity contribution in [3.8, 4) is 0 Å². The number of urea groups is 1. The summed E-state index contributed by atoms with van der Waals surface area (Å²) in [7, 11) is 1.44. The average molecular weight is 2020 g/mol. The molecule has 0 radical (unpaired) electrons. The largest absolute Gasteiger partial charge is 0.481 e. The molecule has 16 amide bonds. The molecular weight excluding hydrogens is 1890 g/mol. The Hall–Kier alpha value is -12.0. The van der Waals surface area contributed by atoms with Gasteiger partial charge < -0.3 is 148 Å². The molecule has 12 unspecified atom stereocenters. The van der Waals surface area contributed by atoms with Gasteiger partial charge in [0.2, 0.25) is 76.8 Å². The maximum atomic E-state index is 15.6. The van der Waals surface area contributed by atoms with E-state index in [0.717, 1.165) is 28.5 Å². The topological polar surface area (TPSA) is 683 Å². The lowest BCUT2D eigenvalue weighted by Gasteiger charge is -2.32. The number of H-pyrrole nitrogens is 3. The summed E-state index contributed by atoms with van der Waals surface area (Å²) in [4.78, 5) is 255. The van der Waals surface area contributed by atoms with Crippen molar-refractivity contribution in [2.45, 2.75) is 205 Å². The van der Waals surface area contributed by atoms with Crippen molar-refractivity contribution >= 4 is 144 Å². The van der Waals surface area contributed by atoms with Crippen LogP contribution in [0.15, 0.2) is 73.4 Å². The average Bonchev–Trinajstić information content (AvgIpc) is 1.69. The highest BCUT2D eigenvalue weighted by Crippen LogP contribution is 2.27. The lowest BCUT2D eigenvalue weighted by atomic mass is 9.99. The van der Waals surface area contributed by atoms with Gasteiger partial charge in [-0.15, -0.1) is 0 Å². The minimum absolute atomic E-state index is 0.00691. The normalized spacial score (nSPS) is 19.9. The predicted octanol–water partition coefficient (Wildman–Crippen LogP) is -2.01. The summed E-state index contributed by atoms with van der Waals surface area (Å²) < 4.78 is 44.0. The molecule has 48 nitrogen and oxygen atoms in total. The van der Waals surface area contributed by atoms with E-state index in [9.17, 15) is 72.9 Å². The number of imidazole rings is 1. The van der Waals surface area contributed by atoms with Crippen LogP contribution in [0.25, 0.3) is 21.8 Å². The van der Waals surface area contributed by atoms with Crippen LogP contribution in [-0.2, 0) is 134 Å². The summed E-state index contributed by atoms with van der Waals surface area (Å²) in [6.45, 7) is 17.3.